The molecule has 0 aliphatic carbocycles. The van der Waals surface area contributed by atoms with Crippen LogP contribution in [0.15, 0.2) is 60.7 Å². The third-order valence-electron chi connectivity index (χ3n) is 5.05. The van der Waals surface area contributed by atoms with Crippen molar-refractivity contribution in [3.05, 3.63) is 71.8 Å². The van der Waals surface area contributed by atoms with E-state index in [1.165, 1.54) is 5.56 Å². The van der Waals surface area contributed by atoms with Gasteiger partial charge in [-0.15, -0.1) is 0 Å². The fourth-order valence-electron chi connectivity index (χ4n) is 3.32. The van der Waals surface area contributed by atoms with Gasteiger partial charge in [0.25, 0.3) is 5.91 Å². The molecule has 0 saturated heterocycles. The number of benzene rings is 3. The zero-order chi connectivity index (χ0) is 21.2. The maximum atomic E-state index is 12.5. The van der Waals surface area contributed by atoms with Crippen LogP contribution in [0.3, 0.4) is 0 Å². The Morgan fingerprint density at radius 3 is 2.17 bits per heavy atom. The van der Waals surface area contributed by atoms with Crippen LogP contribution in [0.5, 0.6) is 5.75 Å². The van der Waals surface area contributed by atoms with Gasteiger partial charge in [0.15, 0.2) is 6.61 Å². The van der Waals surface area contributed by atoms with Crippen LogP contribution in [0.25, 0.3) is 10.8 Å². The van der Waals surface area contributed by atoms with E-state index in [1.807, 2.05) is 42.5 Å². The second kappa shape index (κ2) is 7.90. The molecule has 0 radical (unpaired) electrons. The number of carbonyl (C=O) groups excluding carboxylic acids is 1. The number of ether oxygens (including phenoxy) is 1. The Balaban J connectivity index is 1.73. The first-order chi connectivity index (χ1) is 13.5. The molecule has 0 saturated carbocycles. The molecular weight excluding hydrogens is 358 g/mol. The van der Waals surface area contributed by atoms with Gasteiger partial charge < -0.3 is 10.1 Å². The van der Waals surface area contributed by atoms with Gasteiger partial charge in [0.2, 0.25) is 0 Å². The van der Waals surface area contributed by atoms with E-state index in [0.29, 0.717) is 0 Å². The van der Waals surface area contributed by atoms with Gasteiger partial charge in [0.05, 0.1) is 0 Å². The van der Waals surface area contributed by atoms with Crippen LogP contribution in [0.4, 0.5) is 5.69 Å². The Bertz CT molecular complexity index is 1020. The molecule has 0 spiro atoms. The minimum absolute atomic E-state index is 0.0230. The van der Waals surface area contributed by atoms with Crippen LogP contribution < -0.4 is 10.1 Å². The molecule has 0 aliphatic heterocycles. The molecule has 0 bridgehead atoms. The lowest BCUT2D eigenvalue weighted by molar-refractivity contribution is -0.118. The Labute approximate surface area is 174 Å². The maximum absolute atomic E-state index is 12.5. The van der Waals surface area contributed by atoms with Gasteiger partial charge in [-0.05, 0) is 50.9 Å². The molecule has 0 aliphatic rings. The number of hydrogen-bond donors (Lipinski definition) is 1. The van der Waals surface area contributed by atoms with E-state index in [9.17, 15) is 4.79 Å². The molecule has 29 heavy (non-hydrogen) atoms. The molecule has 1 amide bonds. The second-order valence-electron chi connectivity index (χ2n) is 9.61. The molecule has 3 heteroatoms. The summed E-state index contributed by atoms with van der Waals surface area (Å²) in [5.74, 6) is 0.596. The first-order valence-electron chi connectivity index (χ1n) is 10.1. The lowest BCUT2D eigenvalue weighted by atomic mass is 9.80. The molecule has 0 fully saturated rings. The monoisotopic (exact) mass is 389 g/mol. The number of nitrogens with one attached hydrogen (secondary N) is 1. The normalized spacial score (nSPS) is 12.1. The molecule has 3 nitrogen and oxygen atoms in total. The van der Waals surface area contributed by atoms with E-state index in [4.69, 9.17) is 4.74 Å². The summed E-state index contributed by atoms with van der Waals surface area (Å²) in [6, 6.07) is 20.3. The summed E-state index contributed by atoms with van der Waals surface area (Å²) in [6.45, 7) is 13.1. The first kappa shape index (κ1) is 20.9. The Morgan fingerprint density at radius 2 is 1.52 bits per heavy atom. The minimum atomic E-state index is -0.167. The van der Waals surface area contributed by atoms with Crippen molar-refractivity contribution in [3.63, 3.8) is 0 Å². The van der Waals surface area contributed by atoms with Gasteiger partial charge in [-0.2, -0.15) is 0 Å². The zero-order valence-electron chi connectivity index (χ0n) is 18.3. The number of hydrogen-bond acceptors (Lipinski definition) is 2. The zero-order valence-corrected chi connectivity index (χ0v) is 18.3. The summed E-state index contributed by atoms with van der Waals surface area (Å²) in [7, 11) is 0. The second-order valence-corrected chi connectivity index (χ2v) is 9.61. The highest BCUT2D eigenvalue weighted by atomic mass is 16.5. The van der Waals surface area contributed by atoms with Gasteiger partial charge in [-0.3, -0.25) is 4.79 Å². The number of amides is 1. The summed E-state index contributed by atoms with van der Waals surface area (Å²) in [5, 5.41) is 5.18. The molecular formula is C26H31NO2. The lowest BCUT2D eigenvalue weighted by Crippen LogP contribution is -2.22. The average Bonchev–Trinajstić information content (AvgIpc) is 2.64. The molecule has 152 valence electrons. The summed E-state index contributed by atoms with van der Waals surface area (Å²) in [6.07, 6.45) is 0. The first-order valence-corrected chi connectivity index (χ1v) is 10.1. The number of carbonyl (C=O) groups is 1. The number of anilines is 1. The van der Waals surface area contributed by atoms with Gasteiger partial charge in [0, 0.05) is 5.69 Å². The van der Waals surface area contributed by atoms with Gasteiger partial charge in [0.1, 0.15) is 5.75 Å². The Kier molecular flexibility index (Phi) is 5.70. The molecule has 3 aromatic rings. The van der Waals surface area contributed by atoms with Crippen LogP contribution in [-0.4, -0.2) is 12.5 Å². The van der Waals surface area contributed by atoms with Crippen molar-refractivity contribution in [3.8, 4) is 5.75 Å². The third-order valence-corrected chi connectivity index (χ3v) is 5.05. The van der Waals surface area contributed by atoms with E-state index in [0.717, 1.165) is 27.8 Å². The Hall–Kier alpha value is -2.81. The average molecular weight is 390 g/mol. The van der Waals surface area contributed by atoms with Crippen LogP contribution in [0.2, 0.25) is 0 Å². The van der Waals surface area contributed by atoms with Crippen LogP contribution in [0.1, 0.15) is 52.7 Å². The Morgan fingerprint density at radius 1 is 0.828 bits per heavy atom. The van der Waals surface area contributed by atoms with Gasteiger partial charge in [-0.1, -0.05) is 84.0 Å². The molecule has 0 atom stereocenters. The molecule has 3 rings (SSSR count). The van der Waals surface area contributed by atoms with Crippen LogP contribution in [0, 0.1) is 0 Å². The van der Waals surface area contributed by atoms with Crippen molar-refractivity contribution in [1.82, 2.24) is 0 Å². The maximum Gasteiger partial charge on any atom is 0.262 e. The van der Waals surface area contributed by atoms with Crippen molar-refractivity contribution in [1.29, 1.82) is 0 Å². The van der Waals surface area contributed by atoms with Gasteiger partial charge >= 0.3 is 0 Å². The smallest absolute Gasteiger partial charge is 0.262 e. The van der Waals surface area contributed by atoms with Crippen molar-refractivity contribution >= 4 is 22.4 Å². The third kappa shape index (κ3) is 5.17. The summed E-state index contributed by atoms with van der Waals surface area (Å²) >= 11 is 0. The largest absolute Gasteiger partial charge is 0.483 e. The van der Waals surface area contributed by atoms with Crippen LogP contribution >= 0.6 is 0 Å². The van der Waals surface area contributed by atoms with E-state index < -0.39 is 0 Å². The standard InChI is InChI=1S/C26H31NO2/c1-25(2,3)20-12-14-23(22(16-20)26(4,5)6)29-17-24(28)27-21-13-11-18-9-7-8-10-19(18)15-21/h7-16H,17H2,1-6H3,(H,27,28). The fraction of sp³-hybridized carbons (Fsp3) is 0.346. The summed E-state index contributed by atoms with van der Waals surface area (Å²) < 4.78 is 5.94. The van der Waals surface area contributed by atoms with Crippen molar-refractivity contribution < 1.29 is 9.53 Å². The highest BCUT2D eigenvalue weighted by Crippen LogP contribution is 2.35. The van der Waals surface area contributed by atoms with Crippen molar-refractivity contribution in [2.24, 2.45) is 0 Å². The SMILES string of the molecule is CC(C)(C)c1ccc(OCC(=O)Nc2ccc3ccccc3c2)c(C(C)(C)C)c1. The molecule has 0 unspecified atom stereocenters. The molecule has 0 aromatic heterocycles. The van der Waals surface area contributed by atoms with E-state index in [1.54, 1.807) is 0 Å². The summed E-state index contributed by atoms with van der Waals surface area (Å²) in [5.41, 5.74) is 3.13. The molecule has 3 aromatic carbocycles. The number of fused-ring (bicyclic) bond motifs is 1. The quantitative estimate of drug-likeness (QED) is 0.557. The topological polar surface area (TPSA) is 38.3 Å². The molecule has 1 N–H and O–H groups in total. The minimum Gasteiger partial charge on any atom is -0.483 e. The highest BCUT2D eigenvalue weighted by Gasteiger charge is 2.23. The van der Waals surface area contributed by atoms with Gasteiger partial charge in [-0.25, -0.2) is 0 Å². The van der Waals surface area contributed by atoms with E-state index in [2.05, 4.69) is 65.1 Å². The van der Waals surface area contributed by atoms with Crippen molar-refractivity contribution in [2.75, 3.05) is 11.9 Å². The van der Waals surface area contributed by atoms with E-state index in [-0.39, 0.29) is 23.3 Å². The predicted molar refractivity (Wildman–Crippen MR) is 122 cm³/mol. The van der Waals surface area contributed by atoms with Crippen molar-refractivity contribution in [2.45, 2.75) is 52.4 Å². The highest BCUT2D eigenvalue weighted by molar-refractivity contribution is 5.95. The fourth-order valence-corrected chi connectivity index (χ4v) is 3.32. The number of rotatable bonds is 4. The molecule has 0 heterocycles. The van der Waals surface area contributed by atoms with E-state index >= 15 is 0 Å². The van der Waals surface area contributed by atoms with Crippen LogP contribution in [-0.2, 0) is 15.6 Å². The predicted octanol–water partition coefficient (Wildman–Crippen LogP) is 6.45. The summed E-state index contributed by atoms with van der Waals surface area (Å²) in [4.78, 5) is 12.5. The lowest BCUT2D eigenvalue weighted by Gasteiger charge is -2.27.